The summed E-state index contributed by atoms with van der Waals surface area (Å²) < 4.78 is 2.22. The molecule has 1 aromatic carbocycles. The Morgan fingerprint density at radius 1 is 1.39 bits per heavy atom. The number of fused-ring (bicyclic) bond motifs is 1. The van der Waals surface area contributed by atoms with Crippen molar-refractivity contribution in [1.29, 1.82) is 0 Å². The molecule has 2 rings (SSSR count). The summed E-state index contributed by atoms with van der Waals surface area (Å²) in [6, 6.07) is 5.83. The number of nitrogens with two attached hydrogens (primary N) is 1. The van der Waals surface area contributed by atoms with Gasteiger partial charge in [-0.3, -0.25) is 0 Å². The molecule has 2 aromatic rings. The lowest BCUT2D eigenvalue weighted by Crippen LogP contribution is -2.35. The van der Waals surface area contributed by atoms with Crippen molar-refractivity contribution in [2.45, 2.75) is 45.7 Å². The summed E-state index contributed by atoms with van der Waals surface area (Å²) in [5.41, 5.74) is 7.99. The molecule has 0 aliphatic heterocycles. The molecule has 1 aromatic heterocycles. The number of nitrogens with zero attached hydrogens (tertiary/aromatic N) is 2. The fourth-order valence-corrected chi connectivity index (χ4v) is 2.31. The van der Waals surface area contributed by atoms with Crippen LogP contribution in [-0.2, 0) is 12.1 Å². The minimum absolute atomic E-state index is 0.402. The fraction of sp³-hybridized carbons (Fsp3) is 0.500. The molecule has 0 saturated carbocycles. The Morgan fingerprint density at radius 3 is 2.72 bits per heavy atom. The van der Waals surface area contributed by atoms with E-state index in [0.29, 0.717) is 5.02 Å². The molecule has 0 saturated heterocycles. The van der Waals surface area contributed by atoms with E-state index in [-0.39, 0.29) is 0 Å². The Hall–Kier alpha value is -1.06. The second-order valence-corrected chi connectivity index (χ2v) is 5.43. The third kappa shape index (κ3) is 2.25. The van der Waals surface area contributed by atoms with Crippen molar-refractivity contribution in [3.8, 4) is 0 Å². The van der Waals surface area contributed by atoms with E-state index < -0.39 is 5.54 Å². The van der Waals surface area contributed by atoms with Gasteiger partial charge in [0.25, 0.3) is 0 Å². The number of aromatic nitrogens is 2. The Balaban J connectivity index is 2.68. The predicted octanol–water partition coefficient (Wildman–Crippen LogP) is 3.68. The monoisotopic (exact) mass is 265 g/mol. The van der Waals surface area contributed by atoms with Gasteiger partial charge in [-0.1, -0.05) is 25.4 Å². The zero-order valence-electron chi connectivity index (χ0n) is 11.2. The quantitative estimate of drug-likeness (QED) is 0.916. The van der Waals surface area contributed by atoms with Crippen LogP contribution < -0.4 is 5.73 Å². The first-order valence-electron chi connectivity index (χ1n) is 6.44. The van der Waals surface area contributed by atoms with Gasteiger partial charge in [-0.25, -0.2) is 4.98 Å². The van der Waals surface area contributed by atoms with Gasteiger partial charge in [0, 0.05) is 11.6 Å². The maximum absolute atomic E-state index is 6.35. The summed E-state index contributed by atoms with van der Waals surface area (Å²) in [6.07, 6.45) is 1.91. The van der Waals surface area contributed by atoms with Crippen LogP contribution in [0.3, 0.4) is 0 Å². The molecule has 0 bridgehead atoms. The molecule has 1 heterocycles. The molecule has 2 N–H and O–H groups in total. The number of imidazole rings is 1. The second-order valence-electron chi connectivity index (χ2n) is 4.99. The van der Waals surface area contributed by atoms with Gasteiger partial charge in [-0.15, -0.1) is 0 Å². The summed E-state index contributed by atoms with van der Waals surface area (Å²) in [6.45, 7) is 7.20. The van der Waals surface area contributed by atoms with E-state index in [2.05, 4.69) is 23.4 Å². The summed E-state index contributed by atoms with van der Waals surface area (Å²) in [5.74, 6) is 0.948. The van der Waals surface area contributed by atoms with Crippen LogP contribution >= 0.6 is 11.6 Å². The van der Waals surface area contributed by atoms with Crippen LogP contribution in [0.4, 0.5) is 0 Å². The van der Waals surface area contributed by atoms with Gasteiger partial charge in [0.15, 0.2) is 0 Å². The standard InChI is InChI=1S/C14H20ClN3/c1-4-8-18-12-7-6-10(15)9-11(12)17-13(18)14(3,16)5-2/h6-7,9H,4-5,8,16H2,1-3H3. The minimum atomic E-state index is -0.402. The van der Waals surface area contributed by atoms with Crippen molar-refractivity contribution in [3.63, 3.8) is 0 Å². The minimum Gasteiger partial charge on any atom is -0.326 e. The molecule has 1 atom stereocenters. The van der Waals surface area contributed by atoms with E-state index in [1.807, 2.05) is 25.1 Å². The third-order valence-electron chi connectivity index (χ3n) is 3.40. The predicted molar refractivity (Wildman–Crippen MR) is 76.9 cm³/mol. The highest BCUT2D eigenvalue weighted by Gasteiger charge is 2.26. The van der Waals surface area contributed by atoms with Crippen LogP contribution in [-0.4, -0.2) is 9.55 Å². The van der Waals surface area contributed by atoms with Crippen molar-refractivity contribution in [2.75, 3.05) is 0 Å². The lowest BCUT2D eigenvalue weighted by atomic mass is 9.99. The number of halogens is 1. The third-order valence-corrected chi connectivity index (χ3v) is 3.64. The van der Waals surface area contributed by atoms with E-state index >= 15 is 0 Å². The van der Waals surface area contributed by atoms with Crippen molar-refractivity contribution in [3.05, 3.63) is 29.0 Å². The highest BCUT2D eigenvalue weighted by Crippen LogP contribution is 2.27. The average Bonchev–Trinajstić information content (AvgIpc) is 2.68. The van der Waals surface area contributed by atoms with Crippen molar-refractivity contribution >= 4 is 22.6 Å². The van der Waals surface area contributed by atoms with Gasteiger partial charge in [0.05, 0.1) is 16.6 Å². The zero-order chi connectivity index (χ0) is 13.3. The van der Waals surface area contributed by atoms with Crippen LogP contribution in [0.1, 0.15) is 39.4 Å². The fourth-order valence-electron chi connectivity index (χ4n) is 2.15. The number of rotatable bonds is 4. The van der Waals surface area contributed by atoms with E-state index in [9.17, 15) is 0 Å². The Bertz CT molecular complexity index is 557. The molecule has 98 valence electrons. The molecule has 0 aliphatic carbocycles. The molecular weight excluding hydrogens is 246 g/mol. The van der Waals surface area contributed by atoms with Crippen molar-refractivity contribution in [1.82, 2.24) is 9.55 Å². The molecule has 18 heavy (non-hydrogen) atoms. The topological polar surface area (TPSA) is 43.8 Å². The smallest absolute Gasteiger partial charge is 0.129 e. The molecule has 0 aliphatic rings. The molecule has 0 radical (unpaired) electrons. The molecule has 0 spiro atoms. The Labute approximate surface area is 113 Å². The molecule has 0 amide bonds. The average molecular weight is 266 g/mol. The molecule has 3 nitrogen and oxygen atoms in total. The van der Waals surface area contributed by atoms with Gasteiger partial charge < -0.3 is 10.3 Å². The van der Waals surface area contributed by atoms with E-state index in [4.69, 9.17) is 17.3 Å². The normalized spacial score (nSPS) is 14.9. The summed E-state index contributed by atoms with van der Waals surface area (Å²) in [7, 11) is 0. The van der Waals surface area contributed by atoms with Gasteiger partial charge in [0.2, 0.25) is 0 Å². The zero-order valence-corrected chi connectivity index (χ0v) is 12.0. The first kappa shape index (κ1) is 13.4. The van der Waals surface area contributed by atoms with Crippen molar-refractivity contribution in [2.24, 2.45) is 5.73 Å². The van der Waals surface area contributed by atoms with E-state index in [0.717, 1.165) is 36.2 Å². The van der Waals surface area contributed by atoms with Crippen LogP contribution in [0, 0.1) is 0 Å². The van der Waals surface area contributed by atoms with Crippen LogP contribution in [0.2, 0.25) is 5.02 Å². The summed E-state index contributed by atoms with van der Waals surface area (Å²) >= 11 is 6.02. The Kier molecular flexibility index (Phi) is 3.64. The van der Waals surface area contributed by atoms with Crippen LogP contribution in [0.15, 0.2) is 18.2 Å². The summed E-state index contributed by atoms with van der Waals surface area (Å²) in [5, 5.41) is 0.713. The van der Waals surface area contributed by atoms with Crippen LogP contribution in [0.25, 0.3) is 11.0 Å². The van der Waals surface area contributed by atoms with Crippen molar-refractivity contribution < 1.29 is 0 Å². The maximum atomic E-state index is 6.35. The number of aryl methyl sites for hydroxylation is 1. The van der Waals surface area contributed by atoms with Gasteiger partial charge in [-0.05, 0) is 38.0 Å². The number of benzene rings is 1. The van der Waals surface area contributed by atoms with Crippen LogP contribution in [0.5, 0.6) is 0 Å². The molecule has 0 fully saturated rings. The molecule has 4 heteroatoms. The highest BCUT2D eigenvalue weighted by atomic mass is 35.5. The number of hydrogen-bond acceptors (Lipinski definition) is 2. The van der Waals surface area contributed by atoms with E-state index in [1.54, 1.807) is 0 Å². The molecule has 1 unspecified atom stereocenters. The number of hydrogen-bond donors (Lipinski definition) is 1. The lowest BCUT2D eigenvalue weighted by Gasteiger charge is -2.23. The summed E-state index contributed by atoms with van der Waals surface area (Å²) in [4.78, 5) is 4.69. The molecular formula is C14H20ClN3. The first-order valence-corrected chi connectivity index (χ1v) is 6.82. The SMILES string of the molecule is CCCn1c(C(C)(N)CC)nc2cc(Cl)ccc21. The van der Waals surface area contributed by atoms with Gasteiger partial charge in [-0.2, -0.15) is 0 Å². The Morgan fingerprint density at radius 2 is 2.11 bits per heavy atom. The largest absolute Gasteiger partial charge is 0.326 e. The lowest BCUT2D eigenvalue weighted by molar-refractivity contribution is 0.422. The van der Waals surface area contributed by atoms with Gasteiger partial charge in [0.1, 0.15) is 5.82 Å². The first-order chi connectivity index (χ1) is 8.49. The van der Waals surface area contributed by atoms with Gasteiger partial charge >= 0.3 is 0 Å². The highest BCUT2D eigenvalue weighted by molar-refractivity contribution is 6.31. The second kappa shape index (κ2) is 4.90. The van der Waals surface area contributed by atoms with E-state index in [1.165, 1.54) is 0 Å². The maximum Gasteiger partial charge on any atom is 0.129 e.